The Morgan fingerprint density at radius 2 is 1.73 bits per heavy atom. The van der Waals surface area contributed by atoms with Crippen molar-refractivity contribution in [2.24, 2.45) is 0 Å². The first-order chi connectivity index (χ1) is 6.72. The van der Waals surface area contributed by atoms with Gasteiger partial charge in [-0.15, -0.1) is 0 Å². The highest BCUT2D eigenvalue weighted by atomic mass is 19.4. The second-order valence-corrected chi connectivity index (χ2v) is 3.38. The molecule has 0 rings (SSSR count). The van der Waals surface area contributed by atoms with Crippen LogP contribution in [0.15, 0.2) is 0 Å². The highest BCUT2D eigenvalue weighted by Gasteiger charge is 2.32. The first-order valence-electron chi connectivity index (χ1n) is 4.67. The Kier molecular flexibility index (Phi) is 5.07. The maximum absolute atomic E-state index is 11.7. The van der Waals surface area contributed by atoms with Gasteiger partial charge in [-0.2, -0.15) is 13.2 Å². The molecule has 90 valence electrons. The van der Waals surface area contributed by atoms with Gasteiger partial charge in [0.1, 0.15) is 0 Å². The summed E-state index contributed by atoms with van der Waals surface area (Å²) in [4.78, 5) is 10.9. The van der Waals surface area contributed by atoms with Crippen LogP contribution in [0, 0.1) is 0 Å². The van der Waals surface area contributed by atoms with Crippen LogP contribution in [0.4, 0.5) is 13.2 Å². The minimum absolute atomic E-state index is 0.296. The number of rotatable bonds is 5. The van der Waals surface area contributed by atoms with E-state index >= 15 is 0 Å². The zero-order chi connectivity index (χ0) is 12.1. The molecule has 0 heterocycles. The van der Waals surface area contributed by atoms with Crippen molar-refractivity contribution in [3.63, 3.8) is 0 Å². The summed E-state index contributed by atoms with van der Waals surface area (Å²) < 4.78 is 39.0. The summed E-state index contributed by atoms with van der Waals surface area (Å²) in [5.74, 6) is -1.03. The minimum Gasteiger partial charge on any atom is -0.456 e. The van der Waals surface area contributed by atoms with Gasteiger partial charge in [-0.1, -0.05) is 13.8 Å². The van der Waals surface area contributed by atoms with Gasteiger partial charge in [0.05, 0.1) is 12.0 Å². The lowest BCUT2D eigenvalue weighted by Gasteiger charge is -2.23. The SMILES string of the molecule is CCC(O)(CC)CC(=O)OCC(F)(F)F. The maximum atomic E-state index is 11.7. The van der Waals surface area contributed by atoms with Crippen LogP contribution in [0.5, 0.6) is 0 Å². The Labute approximate surface area is 86.2 Å². The van der Waals surface area contributed by atoms with E-state index in [2.05, 4.69) is 4.74 Å². The molecule has 0 aromatic carbocycles. The Morgan fingerprint density at radius 1 is 1.27 bits per heavy atom. The molecule has 0 fully saturated rings. The molecular weight excluding hydrogens is 213 g/mol. The first-order valence-corrected chi connectivity index (χ1v) is 4.67. The Hall–Kier alpha value is -0.780. The molecule has 0 saturated carbocycles. The molecule has 0 atom stereocenters. The van der Waals surface area contributed by atoms with Crippen LogP contribution in [-0.4, -0.2) is 29.5 Å². The van der Waals surface area contributed by atoms with Crippen molar-refractivity contribution in [3.05, 3.63) is 0 Å². The van der Waals surface area contributed by atoms with Gasteiger partial charge in [0.25, 0.3) is 0 Å². The van der Waals surface area contributed by atoms with Crippen LogP contribution < -0.4 is 0 Å². The molecule has 6 heteroatoms. The first kappa shape index (κ1) is 14.2. The van der Waals surface area contributed by atoms with Crippen molar-refractivity contribution in [2.75, 3.05) is 6.61 Å². The molecule has 0 spiro atoms. The summed E-state index contributed by atoms with van der Waals surface area (Å²) >= 11 is 0. The van der Waals surface area contributed by atoms with Crippen molar-refractivity contribution < 1.29 is 27.8 Å². The summed E-state index contributed by atoms with van der Waals surface area (Å²) in [5.41, 5.74) is -1.26. The van der Waals surface area contributed by atoms with Crippen molar-refractivity contribution >= 4 is 5.97 Å². The van der Waals surface area contributed by atoms with E-state index in [-0.39, 0.29) is 0 Å². The van der Waals surface area contributed by atoms with Gasteiger partial charge in [-0.25, -0.2) is 0 Å². The van der Waals surface area contributed by atoms with Gasteiger partial charge in [-0.05, 0) is 12.8 Å². The molecule has 15 heavy (non-hydrogen) atoms. The largest absolute Gasteiger partial charge is 0.456 e. The van der Waals surface area contributed by atoms with E-state index in [1.165, 1.54) is 0 Å². The average molecular weight is 228 g/mol. The summed E-state index contributed by atoms with van der Waals surface area (Å²) in [6.07, 6.45) is -4.34. The van der Waals surface area contributed by atoms with Crippen molar-refractivity contribution in [1.29, 1.82) is 0 Å². The van der Waals surface area contributed by atoms with E-state index in [0.717, 1.165) is 0 Å². The van der Waals surface area contributed by atoms with Crippen molar-refractivity contribution in [1.82, 2.24) is 0 Å². The van der Waals surface area contributed by atoms with Crippen LogP contribution in [0.2, 0.25) is 0 Å². The number of carbonyl (C=O) groups excluding carboxylic acids is 1. The van der Waals surface area contributed by atoms with Gasteiger partial charge < -0.3 is 9.84 Å². The quantitative estimate of drug-likeness (QED) is 0.732. The third-order valence-corrected chi connectivity index (χ3v) is 2.19. The van der Waals surface area contributed by atoms with Crippen LogP contribution in [0.3, 0.4) is 0 Å². The van der Waals surface area contributed by atoms with Gasteiger partial charge in [0.2, 0.25) is 0 Å². The molecule has 0 bridgehead atoms. The predicted molar refractivity (Wildman–Crippen MR) is 47.2 cm³/mol. The lowest BCUT2D eigenvalue weighted by Crippen LogP contribution is -2.32. The number of hydrogen-bond donors (Lipinski definition) is 1. The highest BCUT2D eigenvalue weighted by Crippen LogP contribution is 2.21. The van der Waals surface area contributed by atoms with Gasteiger partial charge in [0.15, 0.2) is 6.61 Å². The van der Waals surface area contributed by atoms with Crippen LogP contribution in [0.25, 0.3) is 0 Å². The molecule has 0 aliphatic heterocycles. The average Bonchev–Trinajstić information content (AvgIpc) is 2.13. The van der Waals surface area contributed by atoms with Gasteiger partial charge in [0, 0.05) is 0 Å². The van der Waals surface area contributed by atoms with E-state index in [4.69, 9.17) is 0 Å². The molecule has 0 aliphatic carbocycles. The van der Waals surface area contributed by atoms with Crippen molar-refractivity contribution in [3.8, 4) is 0 Å². The lowest BCUT2D eigenvalue weighted by molar-refractivity contribution is -0.189. The normalized spacial score (nSPS) is 12.7. The molecular formula is C9H15F3O3. The molecule has 3 nitrogen and oxygen atoms in total. The van der Waals surface area contributed by atoms with E-state index in [1.807, 2.05) is 0 Å². The van der Waals surface area contributed by atoms with E-state index in [1.54, 1.807) is 13.8 Å². The van der Waals surface area contributed by atoms with Crippen molar-refractivity contribution in [2.45, 2.75) is 44.9 Å². The second-order valence-electron chi connectivity index (χ2n) is 3.38. The fourth-order valence-electron chi connectivity index (χ4n) is 0.982. The van der Waals surface area contributed by atoms with Crippen LogP contribution >= 0.6 is 0 Å². The van der Waals surface area contributed by atoms with E-state index in [9.17, 15) is 23.1 Å². The number of ether oxygens (including phenoxy) is 1. The van der Waals surface area contributed by atoms with E-state index < -0.39 is 30.8 Å². The predicted octanol–water partition coefficient (Wildman–Crippen LogP) is 2.03. The van der Waals surface area contributed by atoms with Gasteiger partial charge in [-0.3, -0.25) is 4.79 Å². The van der Waals surface area contributed by atoms with Crippen LogP contribution in [0.1, 0.15) is 33.1 Å². The highest BCUT2D eigenvalue weighted by molar-refractivity contribution is 5.70. The summed E-state index contributed by atoms with van der Waals surface area (Å²) in [7, 11) is 0. The fraction of sp³-hybridized carbons (Fsp3) is 0.889. The second kappa shape index (κ2) is 5.34. The summed E-state index contributed by atoms with van der Waals surface area (Å²) in [6.45, 7) is 1.70. The monoisotopic (exact) mass is 228 g/mol. The Bertz CT molecular complexity index is 209. The Balaban J connectivity index is 4.04. The third kappa shape index (κ3) is 6.33. The molecule has 0 aliphatic rings. The zero-order valence-corrected chi connectivity index (χ0v) is 8.73. The molecule has 0 radical (unpaired) electrons. The topological polar surface area (TPSA) is 46.5 Å². The minimum atomic E-state index is -4.52. The third-order valence-electron chi connectivity index (χ3n) is 2.19. The summed E-state index contributed by atoms with van der Waals surface area (Å²) in [6, 6.07) is 0. The molecule has 0 aromatic heterocycles. The lowest BCUT2D eigenvalue weighted by atomic mass is 9.94. The molecule has 0 amide bonds. The molecule has 1 N–H and O–H groups in total. The molecule has 0 aromatic rings. The Morgan fingerprint density at radius 3 is 2.07 bits per heavy atom. The number of hydrogen-bond acceptors (Lipinski definition) is 3. The smallest absolute Gasteiger partial charge is 0.422 e. The standard InChI is InChI=1S/C9H15F3O3/c1-3-8(14,4-2)5-7(13)15-6-9(10,11)12/h14H,3-6H2,1-2H3. The van der Waals surface area contributed by atoms with E-state index in [0.29, 0.717) is 12.8 Å². The fourth-order valence-corrected chi connectivity index (χ4v) is 0.982. The zero-order valence-electron chi connectivity index (χ0n) is 8.73. The summed E-state index contributed by atoms with van der Waals surface area (Å²) in [5, 5.41) is 9.65. The molecule has 0 saturated heterocycles. The van der Waals surface area contributed by atoms with Crippen LogP contribution in [-0.2, 0) is 9.53 Å². The number of alkyl halides is 3. The van der Waals surface area contributed by atoms with Gasteiger partial charge >= 0.3 is 12.1 Å². The number of aliphatic hydroxyl groups is 1. The number of halogens is 3. The number of carbonyl (C=O) groups is 1. The maximum Gasteiger partial charge on any atom is 0.422 e. The number of esters is 1. The molecule has 0 unspecified atom stereocenters.